The zero-order valence-electron chi connectivity index (χ0n) is 9.58. The summed E-state index contributed by atoms with van der Waals surface area (Å²) in [5, 5.41) is 21.8. The van der Waals surface area contributed by atoms with Gasteiger partial charge in [0.15, 0.2) is 0 Å². The van der Waals surface area contributed by atoms with Crippen LogP contribution < -0.4 is 16.5 Å². The van der Waals surface area contributed by atoms with Crippen LogP contribution in [0.3, 0.4) is 0 Å². The average Bonchev–Trinajstić information content (AvgIpc) is 2.30. The Hall–Kier alpha value is -2.44. The van der Waals surface area contributed by atoms with Crippen LogP contribution in [-0.4, -0.2) is 27.6 Å². The lowest BCUT2D eigenvalue weighted by Gasteiger charge is -2.12. The smallest absolute Gasteiger partial charge is 0.349 e. The molecule has 0 aliphatic heterocycles. The van der Waals surface area contributed by atoms with E-state index < -0.39 is 5.69 Å². The van der Waals surface area contributed by atoms with Gasteiger partial charge in [0.25, 0.3) is 0 Å². The third kappa shape index (κ3) is 2.15. The molecule has 2 radical (unpaired) electrons. The van der Waals surface area contributed by atoms with Crippen LogP contribution in [0.25, 0.3) is 0 Å². The quantitative estimate of drug-likeness (QED) is 0.499. The molecule has 0 fully saturated rings. The maximum absolute atomic E-state index is 11.4. The first-order chi connectivity index (χ1) is 8.49. The van der Waals surface area contributed by atoms with Crippen LogP contribution in [0.2, 0.25) is 0 Å². The van der Waals surface area contributed by atoms with Gasteiger partial charge in [0.05, 0.1) is 0 Å². The Morgan fingerprint density at radius 3 is 2.56 bits per heavy atom. The molecule has 0 unspecified atom stereocenters. The largest absolute Gasteiger partial charge is 0.506 e. The maximum atomic E-state index is 11.4. The summed E-state index contributed by atoms with van der Waals surface area (Å²) >= 11 is 0. The van der Waals surface area contributed by atoms with E-state index >= 15 is 0 Å². The van der Waals surface area contributed by atoms with Gasteiger partial charge in [-0.3, -0.25) is 0 Å². The van der Waals surface area contributed by atoms with Crippen LogP contribution in [-0.2, 0) is 7.05 Å². The Morgan fingerprint density at radius 1 is 1.33 bits per heavy atom. The average molecular weight is 243 g/mol. The molecule has 0 saturated heterocycles. The first-order valence-electron chi connectivity index (χ1n) is 5.10. The van der Waals surface area contributed by atoms with Crippen LogP contribution in [0, 0.1) is 0 Å². The predicted octanol–water partition coefficient (Wildman–Crippen LogP) is -0.271. The van der Waals surface area contributed by atoms with Crippen molar-refractivity contribution >= 4 is 24.8 Å². The summed E-state index contributed by atoms with van der Waals surface area (Å²) in [5.41, 5.74) is -0.230. The SMILES string of the molecule is [B]c1cn(C)c(=O)nc1Nc1c(O)cccc1O. The van der Waals surface area contributed by atoms with Crippen molar-refractivity contribution in [2.75, 3.05) is 5.32 Å². The maximum Gasteiger partial charge on any atom is 0.349 e. The molecule has 90 valence electrons. The number of aromatic nitrogens is 2. The fourth-order valence-electron chi connectivity index (χ4n) is 1.44. The summed E-state index contributed by atoms with van der Waals surface area (Å²) < 4.78 is 1.23. The number of benzene rings is 1. The third-order valence-corrected chi connectivity index (χ3v) is 2.38. The summed E-state index contributed by atoms with van der Waals surface area (Å²) in [6, 6.07) is 4.26. The van der Waals surface area contributed by atoms with Crippen molar-refractivity contribution in [1.29, 1.82) is 0 Å². The first kappa shape index (κ1) is 12.0. The predicted molar refractivity (Wildman–Crippen MR) is 67.9 cm³/mol. The number of nitrogens with one attached hydrogen (secondary N) is 1. The number of nitrogens with zero attached hydrogens (tertiary/aromatic N) is 2. The molecule has 0 bridgehead atoms. The minimum Gasteiger partial charge on any atom is -0.506 e. The van der Waals surface area contributed by atoms with Crippen LogP contribution >= 0.6 is 0 Å². The summed E-state index contributed by atoms with van der Waals surface area (Å²) in [6.07, 6.45) is 1.40. The molecule has 0 aliphatic carbocycles. The molecule has 1 heterocycles. The minimum atomic E-state index is -0.499. The number of hydrogen-bond acceptors (Lipinski definition) is 5. The fourth-order valence-corrected chi connectivity index (χ4v) is 1.44. The van der Waals surface area contributed by atoms with Gasteiger partial charge in [0.1, 0.15) is 30.9 Å². The van der Waals surface area contributed by atoms with E-state index in [1.807, 2.05) is 0 Å². The number of aryl methyl sites for hydroxylation is 1. The van der Waals surface area contributed by atoms with Gasteiger partial charge in [-0.1, -0.05) is 6.07 Å². The van der Waals surface area contributed by atoms with E-state index in [9.17, 15) is 15.0 Å². The van der Waals surface area contributed by atoms with E-state index in [1.54, 1.807) is 0 Å². The normalized spacial score (nSPS) is 10.3. The minimum absolute atomic E-state index is 0.0463. The Morgan fingerprint density at radius 2 is 1.94 bits per heavy atom. The lowest BCUT2D eigenvalue weighted by molar-refractivity contribution is 0.455. The number of aromatic hydroxyl groups is 2. The van der Waals surface area contributed by atoms with Crippen LogP contribution in [0.1, 0.15) is 0 Å². The number of para-hydroxylation sites is 1. The van der Waals surface area contributed by atoms with Crippen molar-refractivity contribution in [2.45, 2.75) is 0 Å². The topological polar surface area (TPSA) is 87.4 Å². The number of anilines is 2. The summed E-state index contributed by atoms with van der Waals surface area (Å²) in [7, 11) is 7.21. The molecule has 18 heavy (non-hydrogen) atoms. The Balaban J connectivity index is 2.47. The molecule has 0 saturated carbocycles. The molecule has 6 nitrogen and oxygen atoms in total. The van der Waals surface area contributed by atoms with Crippen molar-refractivity contribution in [3.63, 3.8) is 0 Å². The molecule has 1 aromatic heterocycles. The van der Waals surface area contributed by atoms with Gasteiger partial charge in [-0.25, -0.2) is 4.79 Å². The van der Waals surface area contributed by atoms with E-state index in [0.29, 0.717) is 0 Å². The number of hydrogen-bond donors (Lipinski definition) is 3. The van der Waals surface area contributed by atoms with E-state index in [1.165, 1.54) is 36.0 Å². The van der Waals surface area contributed by atoms with Gasteiger partial charge >= 0.3 is 5.69 Å². The highest BCUT2D eigenvalue weighted by Crippen LogP contribution is 2.33. The van der Waals surface area contributed by atoms with Gasteiger partial charge in [-0.05, 0) is 17.6 Å². The number of rotatable bonds is 2. The Bertz CT molecular complexity index is 634. The van der Waals surface area contributed by atoms with Gasteiger partial charge in [-0.2, -0.15) is 4.98 Å². The molecule has 7 heteroatoms. The van der Waals surface area contributed by atoms with Gasteiger partial charge in [0, 0.05) is 13.2 Å². The summed E-state index contributed by atoms with van der Waals surface area (Å²) in [4.78, 5) is 15.1. The standard InChI is InChI=1S/C11H10BN3O3/c1-15-5-6(12)10(14-11(15)18)13-9-7(16)3-2-4-8(9)17/h2-5,16-17H,1H3,(H,13,14,18). The molecule has 0 aliphatic rings. The second-order valence-electron chi connectivity index (χ2n) is 3.73. The lowest BCUT2D eigenvalue weighted by atomic mass is 9.99. The molecule has 3 N–H and O–H groups in total. The van der Waals surface area contributed by atoms with Gasteiger partial charge < -0.3 is 20.1 Å². The van der Waals surface area contributed by atoms with Gasteiger partial charge in [-0.15, -0.1) is 0 Å². The second kappa shape index (κ2) is 4.44. The van der Waals surface area contributed by atoms with Crippen molar-refractivity contribution in [3.8, 4) is 11.5 Å². The van der Waals surface area contributed by atoms with Crippen molar-refractivity contribution in [3.05, 3.63) is 34.9 Å². The highest BCUT2D eigenvalue weighted by atomic mass is 16.3. The molecular weight excluding hydrogens is 233 g/mol. The highest BCUT2D eigenvalue weighted by molar-refractivity contribution is 6.35. The molecule has 0 amide bonds. The van der Waals surface area contributed by atoms with Crippen molar-refractivity contribution < 1.29 is 10.2 Å². The summed E-state index contributed by atoms with van der Waals surface area (Å²) in [6.45, 7) is 0. The Kier molecular flexibility index (Phi) is 2.97. The van der Waals surface area contributed by atoms with Crippen LogP contribution in [0.4, 0.5) is 11.5 Å². The van der Waals surface area contributed by atoms with E-state index in [0.717, 1.165) is 0 Å². The second-order valence-corrected chi connectivity index (χ2v) is 3.73. The van der Waals surface area contributed by atoms with Crippen LogP contribution in [0.15, 0.2) is 29.2 Å². The molecule has 2 rings (SSSR count). The zero-order valence-corrected chi connectivity index (χ0v) is 9.58. The highest BCUT2D eigenvalue weighted by Gasteiger charge is 2.10. The van der Waals surface area contributed by atoms with Crippen LogP contribution in [0.5, 0.6) is 11.5 Å². The fraction of sp³-hybridized carbons (Fsp3) is 0.0909. The first-order valence-corrected chi connectivity index (χ1v) is 5.10. The van der Waals surface area contributed by atoms with Gasteiger partial charge in [0.2, 0.25) is 0 Å². The molecule has 0 spiro atoms. The van der Waals surface area contributed by atoms with E-state index in [2.05, 4.69) is 10.3 Å². The van der Waals surface area contributed by atoms with E-state index in [4.69, 9.17) is 7.85 Å². The van der Waals surface area contributed by atoms with Crippen molar-refractivity contribution in [1.82, 2.24) is 9.55 Å². The number of phenols is 2. The number of phenolic OH excluding ortho intramolecular Hbond substituents is 2. The monoisotopic (exact) mass is 243 g/mol. The molecule has 2 aromatic rings. The molecular formula is C11H10BN3O3. The van der Waals surface area contributed by atoms with E-state index in [-0.39, 0.29) is 28.5 Å². The van der Waals surface area contributed by atoms with Crippen molar-refractivity contribution in [2.24, 2.45) is 7.05 Å². The molecule has 1 aromatic carbocycles. The zero-order chi connectivity index (χ0) is 13.3. The summed E-state index contributed by atoms with van der Waals surface area (Å²) in [5.74, 6) is -0.261. The Labute approximate surface area is 104 Å². The molecule has 0 atom stereocenters. The lowest BCUT2D eigenvalue weighted by Crippen LogP contribution is -2.27. The third-order valence-electron chi connectivity index (χ3n) is 2.38.